The van der Waals surface area contributed by atoms with E-state index in [9.17, 15) is 0 Å². The minimum absolute atomic E-state index is 0.487. The number of rotatable bonds is 7. The molecule has 1 atom stereocenters. The summed E-state index contributed by atoms with van der Waals surface area (Å²) < 4.78 is 5.61. The van der Waals surface area contributed by atoms with Crippen molar-refractivity contribution in [2.24, 2.45) is 0 Å². The summed E-state index contributed by atoms with van der Waals surface area (Å²) in [5, 5.41) is 3.27. The predicted octanol–water partition coefficient (Wildman–Crippen LogP) is 3.36. The zero-order valence-corrected chi connectivity index (χ0v) is 12.1. The standard InChI is InChI=1S/C15H25N3O/c1-12(2)13-10-17-15(18-11-13)16-8-4-3-6-14-7-5-9-19-14/h10-12,14H,3-9H2,1-2H3,(H,16,17,18)/t14-/m0/s1. The molecule has 4 nitrogen and oxygen atoms in total. The van der Waals surface area contributed by atoms with Crippen molar-refractivity contribution in [2.45, 2.75) is 58.0 Å². The minimum Gasteiger partial charge on any atom is -0.378 e. The molecular formula is C15H25N3O. The molecule has 0 bridgehead atoms. The Morgan fingerprint density at radius 1 is 1.32 bits per heavy atom. The Hall–Kier alpha value is -1.16. The van der Waals surface area contributed by atoms with Crippen LogP contribution in [0.15, 0.2) is 12.4 Å². The maximum absolute atomic E-state index is 5.61. The number of anilines is 1. The van der Waals surface area contributed by atoms with Crippen molar-refractivity contribution in [3.63, 3.8) is 0 Å². The molecule has 1 saturated heterocycles. The molecule has 4 heteroatoms. The molecule has 0 aromatic carbocycles. The van der Waals surface area contributed by atoms with Gasteiger partial charge in [0, 0.05) is 25.5 Å². The first-order valence-electron chi connectivity index (χ1n) is 7.43. The third-order valence-electron chi connectivity index (χ3n) is 3.60. The Bertz CT molecular complexity index is 358. The lowest BCUT2D eigenvalue weighted by Crippen LogP contribution is -2.08. The fourth-order valence-electron chi connectivity index (χ4n) is 2.30. The Morgan fingerprint density at radius 3 is 2.74 bits per heavy atom. The van der Waals surface area contributed by atoms with E-state index in [2.05, 4.69) is 29.1 Å². The number of ether oxygens (including phenoxy) is 1. The molecule has 1 aromatic rings. The van der Waals surface area contributed by atoms with Crippen LogP contribution in [0.3, 0.4) is 0 Å². The highest BCUT2D eigenvalue weighted by atomic mass is 16.5. The number of nitrogens with zero attached hydrogens (tertiary/aromatic N) is 2. The molecule has 0 spiro atoms. The van der Waals surface area contributed by atoms with Crippen LogP contribution >= 0.6 is 0 Å². The highest BCUT2D eigenvalue weighted by Gasteiger charge is 2.14. The molecule has 1 N–H and O–H groups in total. The molecule has 2 rings (SSSR count). The van der Waals surface area contributed by atoms with Crippen molar-refractivity contribution in [3.8, 4) is 0 Å². The van der Waals surface area contributed by atoms with E-state index in [0.717, 1.165) is 25.5 Å². The van der Waals surface area contributed by atoms with E-state index in [-0.39, 0.29) is 0 Å². The van der Waals surface area contributed by atoms with Gasteiger partial charge in [0.15, 0.2) is 0 Å². The van der Waals surface area contributed by atoms with Crippen LogP contribution in [0, 0.1) is 0 Å². The fraction of sp³-hybridized carbons (Fsp3) is 0.733. The summed E-state index contributed by atoms with van der Waals surface area (Å²) in [4.78, 5) is 8.66. The monoisotopic (exact) mass is 263 g/mol. The third kappa shape index (κ3) is 4.78. The van der Waals surface area contributed by atoms with Crippen LogP contribution in [0.2, 0.25) is 0 Å². The summed E-state index contributed by atoms with van der Waals surface area (Å²) >= 11 is 0. The second-order valence-corrected chi connectivity index (χ2v) is 5.55. The highest BCUT2D eigenvalue weighted by Crippen LogP contribution is 2.17. The second-order valence-electron chi connectivity index (χ2n) is 5.55. The normalized spacial score (nSPS) is 19.0. The van der Waals surface area contributed by atoms with Gasteiger partial charge < -0.3 is 10.1 Å². The third-order valence-corrected chi connectivity index (χ3v) is 3.60. The van der Waals surface area contributed by atoms with E-state index >= 15 is 0 Å². The first kappa shape index (κ1) is 14.3. The van der Waals surface area contributed by atoms with Gasteiger partial charge in [-0.15, -0.1) is 0 Å². The Morgan fingerprint density at radius 2 is 2.11 bits per heavy atom. The van der Waals surface area contributed by atoms with Gasteiger partial charge in [-0.3, -0.25) is 0 Å². The van der Waals surface area contributed by atoms with Gasteiger partial charge in [0.1, 0.15) is 0 Å². The summed E-state index contributed by atoms with van der Waals surface area (Å²) in [6.07, 6.45) is 10.4. The number of hydrogen-bond donors (Lipinski definition) is 1. The van der Waals surface area contributed by atoms with Crippen LogP contribution in [0.4, 0.5) is 5.95 Å². The minimum atomic E-state index is 0.487. The maximum Gasteiger partial charge on any atom is 0.222 e. The highest BCUT2D eigenvalue weighted by molar-refractivity contribution is 5.25. The van der Waals surface area contributed by atoms with E-state index in [1.54, 1.807) is 0 Å². The van der Waals surface area contributed by atoms with Crippen LogP contribution < -0.4 is 5.32 Å². The molecule has 0 amide bonds. The van der Waals surface area contributed by atoms with Crippen molar-refractivity contribution in [3.05, 3.63) is 18.0 Å². The number of unbranched alkanes of at least 4 members (excludes halogenated alkanes) is 1. The van der Waals surface area contributed by atoms with E-state index in [0.29, 0.717) is 12.0 Å². The van der Waals surface area contributed by atoms with Gasteiger partial charge in [-0.1, -0.05) is 13.8 Å². The van der Waals surface area contributed by atoms with Crippen molar-refractivity contribution < 1.29 is 4.74 Å². The summed E-state index contributed by atoms with van der Waals surface area (Å²) in [5.41, 5.74) is 1.18. The zero-order valence-electron chi connectivity index (χ0n) is 12.1. The number of nitrogens with one attached hydrogen (secondary N) is 1. The lowest BCUT2D eigenvalue weighted by molar-refractivity contribution is 0.102. The quantitative estimate of drug-likeness (QED) is 0.766. The molecular weight excluding hydrogens is 238 g/mol. The lowest BCUT2D eigenvalue weighted by Gasteiger charge is -2.09. The van der Waals surface area contributed by atoms with Gasteiger partial charge in [0.2, 0.25) is 5.95 Å². The average molecular weight is 263 g/mol. The van der Waals surface area contributed by atoms with Gasteiger partial charge >= 0.3 is 0 Å². The Kier molecular flexibility index (Phi) is 5.58. The summed E-state index contributed by atoms with van der Waals surface area (Å²) in [6, 6.07) is 0. The van der Waals surface area contributed by atoms with E-state index in [4.69, 9.17) is 4.74 Å². The van der Waals surface area contributed by atoms with E-state index < -0.39 is 0 Å². The van der Waals surface area contributed by atoms with Crippen LogP contribution in [0.25, 0.3) is 0 Å². The predicted molar refractivity (Wildman–Crippen MR) is 77.4 cm³/mol. The molecule has 1 aliphatic rings. The first-order valence-corrected chi connectivity index (χ1v) is 7.43. The largest absolute Gasteiger partial charge is 0.378 e. The molecule has 0 aliphatic carbocycles. The topological polar surface area (TPSA) is 47.0 Å². The SMILES string of the molecule is CC(C)c1cnc(NCCCC[C@H]2CCCO2)nc1. The Labute approximate surface area is 116 Å². The Balaban J connectivity index is 1.59. The molecule has 106 valence electrons. The van der Waals surface area contributed by atoms with Crippen molar-refractivity contribution in [2.75, 3.05) is 18.5 Å². The van der Waals surface area contributed by atoms with E-state index in [1.807, 2.05) is 12.4 Å². The summed E-state index contributed by atoms with van der Waals surface area (Å²) in [6.45, 7) is 6.19. The first-order chi connectivity index (χ1) is 9.25. The van der Waals surface area contributed by atoms with Gasteiger partial charge in [-0.25, -0.2) is 9.97 Å². The molecule has 0 radical (unpaired) electrons. The molecule has 1 aliphatic heterocycles. The molecule has 0 unspecified atom stereocenters. The van der Waals surface area contributed by atoms with Gasteiger partial charge in [-0.05, 0) is 43.6 Å². The van der Waals surface area contributed by atoms with Crippen LogP contribution in [0.1, 0.15) is 57.4 Å². The van der Waals surface area contributed by atoms with Crippen molar-refractivity contribution >= 4 is 5.95 Å². The van der Waals surface area contributed by atoms with Crippen LogP contribution in [-0.2, 0) is 4.74 Å². The summed E-state index contributed by atoms with van der Waals surface area (Å²) in [5.74, 6) is 1.22. The van der Waals surface area contributed by atoms with E-state index in [1.165, 1.54) is 31.2 Å². The molecule has 1 aromatic heterocycles. The van der Waals surface area contributed by atoms with Gasteiger partial charge in [0.05, 0.1) is 6.10 Å². The second kappa shape index (κ2) is 7.43. The zero-order chi connectivity index (χ0) is 13.5. The lowest BCUT2D eigenvalue weighted by atomic mass is 10.1. The molecule has 0 saturated carbocycles. The van der Waals surface area contributed by atoms with Crippen LogP contribution in [-0.4, -0.2) is 29.2 Å². The summed E-state index contributed by atoms with van der Waals surface area (Å²) in [7, 11) is 0. The smallest absolute Gasteiger partial charge is 0.222 e. The van der Waals surface area contributed by atoms with Gasteiger partial charge in [-0.2, -0.15) is 0 Å². The van der Waals surface area contributed by atoms with Gasteiger partial charge in [0.25, 0.3) is 0 Å². The maximum atomic E-state index is 5.61. The number of aromatic nitrogens is 2. The van der Waals surface area contributed by atoms with Crippen molar-refractivity contribution in [1.29, 1.82) is 0 Å². The number of hydrogen-bond acceptors (Lipinski definition) is 4. The fourth-order valence-corrected chi connectivity index (χ4v) is 2.30. The van der Waals surface area contributed by atoms with Crippen LogP contribution in [0.5, 0.6) is 0 Å². The molecule has 19 heavy (non-hydrogen) atoms. The van der Waals surface area contributed by atoms with Crippen molar-refractivity contribution in [1.82, 2.24) is 9.97 Å². The molecule has 1 fully saturated rings. The average Bonchev–Trinajstić information content (AvgIpc) is 2.92. The molecule has 2 heterocycles.